The van der Waals surface area contributed by atoms with E-state index in [0.717, 1.165) is 5.56 Å². The van der Waals surface area contributed by atoms with Gasteiger partial charge in [0.2, 0.25) is 0 Å². The quantitative estimate of drug-likeness (QED) is 0.699. The summed E-state index contributed by atoms with van der Waals surface area (Å²) in [5.41, 5.74) is 2.14. The van der Waals surface area contributed by atoms with Crippen molar-refractivity contribution in [2.75, 3.05) is 0 Å². The molecule has 3 aromatic rings. The molecule has 0 fully saturated rings. The largest absolute Gasteiger partial charge is 0.345 e. The number of carbonyl (C=O) groups is 1. The van der Waals surface area contributed by atoms with Crippen LogP contribution < -0.4 is 0 Å². The number of hydrogen-bond donors (Lipinski definition) is 1. The molecule has 18 heavy (non-hydrogen) atoms. The molecule has 88 valence electrons. The predicted octanol–water partition coefficient (Wildman–Crippen LogP) is 3.18. The minimum Gasteiger partial charge on any atom is -0.345 e. The molecule has 1 heterocycles. The molecule has 0 radical (unpaired) electrons. The molecule has 3 rings (SSSR count). The molecule has 0 bridgehead atoms. The van der Waals surface area contributed by atoms with Gasteiger partial charge in [0.25, 0.3) is 0 Å². The molecule has 0 unspecified atom stereocenters. The van der Waals surface area contributed by atoms with Gasteiger partial charge in [-0.15, -0.1) is 0 Å². The molecule has 4 heteroatoms. The van der Waals surface area contributed by atoms with Crippen molar-refractivity contribution in [3.05, 3.63) is 54.1 Å². The van der Waals surface area contributed by atoms with Crippen LogP contribution in [-0.2, 0) is 0 Å². The van der Waals surface area contributed by atoms with E-state index in [9.17, 15) is 9.18 Å². The first-order valence-electron chi connectivity index (χ1n) is 5.47. The highest BCUT2D eigenvalue weighted by Crippen LogP contribution is 2.29. The summed E-state index contributed by atoms with van der Waals surface area (Å²) in [6, 6.07) is 10.8. The van der Waals surface area contributed by atoms with Crippen LogP contribution in [0.1, 0.15) is 10.4 Å². The Morgan fingerprint density at radius 2 is 2.00 bits per heavy atom. The summed E-state index contributed by atoms with van der Waals surface area (Å²) in [4.78, 5) is 17.9. The first kappa shape index (κ1) is 10.7. The van der Waals surface area contributed by atoms with E-state index in [-0.39, 0.29) is 5.56 Å². The number of rotatable bonds is 2. The Kier molecular flexibility index (Phi) is 2.41. The number of nitrogens with zero attached hydrogens (tertiary/aromatic N) is 1. The zero-order valence-corrected chi connectivity index (χ0v) is 9.35. The third kappa shape index (κ3) is 1.50. The summed E-state index contributed by atoms with van der Waals surface area (Å²) in [6.07, 6.45) is 1.96. The van der Waals surface area contributed by atoms with Crippen molar-refractivity contribution in [2.45, 2.75) is 0 Å². The van der Waals surface area contributed by atoms with Gasteiger partial charge in [-0.3, -0.25) is 4.79 Å². The van der Waals surface area contributed by atoms with Crippen molar-refractivity contribution in [3.8, 4) is 11.1 Å². The summed E-state index contributed by atoms with van der Waals surface area (Å²) in [5, 5.41) is 0. The van der Waals surface area contributed by atoms with Crippen LogP contribution in [0.3, 0.4) is 0 Å². The molecule has 0 aliphatic heterocycles. The number of hydrogen-bond acceptors (Lipinski definition) is 2. The molecular weight excluding hydrogens is 231 g/mol. The van der Waals surface area contributed by atoms with Gasteiger partial charge >= 0.3 is 0 Å². The van der Waals surface area contributed by atoms with Crippen molar-refractivity contribution in [2.24, 2.45) is 0 Å². The van der Waals surface area contributed by atoms with Crippen LogP contribution in [-0.4, -0.2) is 16.3 Å². The SMILES string of the molecule is O=Cc1c(F)c(-c2ccccc2)cc2[nH]cnc12. The van der Waals surface area contributed by atoms with Crippen LogP contribution >= 0.6 is 0 Å². The molecule has 0 saturated carbocycles. The van der Waals surface area contributed by atoms with E-state index < -0.39 is 5.82 Å². The fraction of sp³-hybridized carbons (Fsp3) is 0. The highest BCUT2D eigenvalue weighted by atomic mass is 19.1. The molecular formula is C14H9FN2O. The summed E-state index contributed by atoms with van der Waals surface area (Å²) in [6.45, 7) is 0. The Labute approximate surface area is 102 Å². The number of aldehydes is 1. The molecule has 2 aromatic carbocycles. The Morgan fingerprint density at radius 3 is 2.72 bits per heavy atom. The number of halogens is 1. The van der Waals surface area contributed by atoms with E-state index in [1.54, 1.807) is 18.2 Å². The van der Waals surface area contributed by atoms with Crippen molar-refractivity contribution in [1.82, 2.24) is 9.97 Å². The number of H-pyrrole nitrogens is 1. The van der Waals surface area contributed by atoms with Crippen LogP contribution in [0.25, 0.3) is 22.2 Å². The maximum absolute atomic E-state index is 14.3. The second-order valence-electron chi connectivity index (χ2n) is 3.93. The summed E-state index contributed by atoms with van der Waals surface area (Å²) < 4.78 is 14.3. The van der Waals surface area contributed by atoms with Crippen LogP contribution in [0.5, 0.6) is 0 Å². The number of nitrogens with one attached hydrogen (secondary N) is 1. The maximum Gasteiger partial charge on any atom is 0.155 e. The highest BCUT2D eigenvalue weighted by Gasteiger charge is 2.15. The van der Waals surface area contributed by atoms with E-state index in [0.29, 0.717) is 22.9 Å². The van der Waals surface area contributed by atoms with Gasteiger partial charge in [-0.25, -0.2) is 9.37 Å². The summed E-state index contributed by atoms with van der Waals surface area (Å²) in [7, 11) is 0. The van der Waals surface area contributed by atoms with Crippen molar-refractivity contribution in [3.63, 3.8) is 0 Å². The second-order valence-corrected chi connectivity index (χ2v) is 3.93. The smallest absolute Gasteiger partial charge is 0.155 e. The molecule has 1 N–H and O–H groups in total. The lowest BCUT2D eigenvalue weighted by Gasteiger charge is -2.06. The third-order valence-electron chi connectivity index (χ3n) is 2.89. The molecule has 0 atom stereocenters. The standard InChI is InChI=1S/C14H9FN2O/c15-13-10(9-4-2-1-3-5-9)6-12-14(11(13)7-18)17-8-16-12/h1-8H,(H,16,17). The predicted molar refractivity (Wildman–Crippen MR) is 66.9 cm³/mol. The fourth-order valence-corrected chi connectivity index (χ4v) is 2.02. The Morgan fingerprint density at radius 1 is 1.22 bits per heavy atom. The maximum atomic E-state index is 14.3. The number of carbonyl (C=O) groups excluding carboxylic acids is 1. The number of aromatic nitrogens is 2. The van der Waals surface area contributed by atoms with Gasteiger partial charge in [-0.2, -0.15) is 0 Å². The average molecular weight is 240 g/mol. The van der Waals surface area contributed by atoms with E-state index in [1.165, 1.54) is 6.33 Å². The van der Waals surface area contributed by atoms with Gasteiger partial charge in [0.05, 0.1) is 17.4 Å². The topological polar surface area (TPSA) is 45.8 Å². The minimum absolute atomic E-state index is 0.00685. The van der Waals surface area contributed by atoms with Gasteiger partial charge in [0.15, 0.2) is 6.29 Å². The zero-order valence-electron chi connectivity index (χ0n) is 9.35. The van der Waals surface area contributed by atoms with Crippen LogP contribution in [0, 0.1) is 5.82 Å². The van der Waals surface area contributed by atoms with Gasteiger partial charge < -0.3 is 4.98 Å². The molecule has 0 aliphatic carbocycles. The molecule has 0 saturated heterocycles. The lowest BCUT2D eigenvalue weighted by molar-refractivity contribution is 0.112. The number of fused-ring (bicyclic) bond motifs is 1. The molecule has 1 aromatic heterocycles. The fourth-order valence-electron chi connectivity index (χ4n) is 2.02. The van der Waals surface area contributed by atoms with Crippen molar-refractivity contribution >= 4 is 17.3 Å². The second kappa shape index (κ2) is 4.07. The summed E-state index contributed by atoms with van der Waals surface area (Å²) >= 11 is 0. The summed E-state index contributed by atoms with van der Waals surface area (Å²) in [5.74, 6) is -0.532. The molecule has 0 spiro atoms. The van der Waals surface area contributed by atoms with Gasteiger partial charge in [0.1, 0.15) is 11.3 Å². The van der Waals surface area contributed by atoms with Gasteiger partial charge in [0, 0.05) is 5.56 Å². The van der Waals surface area contributed by atoms with Gasteiger partial charge in [-0.1, -0.05) is 30.3 Å². The minimum atomic E-state index is -0.532. The molecule has 3 nitrogen and oxygen atoms in total. The first-order valence-corrected chi connectivity index (χ1v) is 5.47. The zero-order chi connectivity index (χ0) is 12.5. The normalized spacial score (nSPS) is 10.7. The average Bonchev–Trinajstić information content (AvgIpc) is 2.87. The molecule has 0 amide bonds. The van der Waals surface area contributed by atoms with E-state index in [1.807, 2.05) is 18.2 Å². The molecule has 0 aliphatic rings. The third-order valence-corrected chi connectivity index (χ3v) is 2.89. The van der Waals surface area contributed by atoms with Crippen LogP contribution in [0.2, 0.25) is 0 Å². The number of imidazole rings is 1. The van der Waals surface area contributed by atoms with E-state index in [4.69, 9.17) is 0 Å². The number of aromatic amines is 1. The highest BCUT2D eigenvalue weighted by molar-refractivity contribution is 5.97. The monoisotopic (exact) mass is 240 g/mol. The lowest BCUT2D eigenvalue weighted by Crippen LogP contribution is -1.94. The van der Waals surface area contributed by atoms with Gasteiger partial charge in [-0.05, 0) is 11.6 Å². The Balaban J connectivity index is 2.36. The Hall–Kier alpha value is -2.49. The van der Waals surface area contributed by atoms with Crippen LogP contribution in [0.15, 0.2) is 42.7 Å². The number of benzene rings is 2. The van der Waals surface area contributed by atoms with E-state index in [2.05, 4.69) is 9.97 Å². The van der Waals surface area contributed by atoms with E-state index >= 15 is 0 Å². The first-order chi connectivity index (χ1) is 8.81. The van der Waals surface area contributed by atoms with Crippen molar-refractivity contribution in [1.29, 1.82) is 0 Å². The Bertz CT molecular complexity index is 719. The van der Waals surface area contributed by atoms with Crippen LogP contribution in [0.4, 0.5) is 4.39 Å². The van der Waals surface area contributed by atoms with Crippen molar-refractivity contribution < 1.29 is 9.18 Å². The lowest BCUT2D eigenvalue weighted by atomic mass is 10.0.